The van der Waals surface area contributed by atoms with E-state index in [0.717, 1.165) is 6.07 Å². The van der Waals surface area contributed by atoms with Crippen molar-refractivity contribution in [1.82, 2.24) is 4.90 Å². The van der Waals surface area contributed by atoms with Gasteiger partial charge in [0.05, 0.1) is 5.69 Å². The Labute approximate surface area is 120 Å². The van der Waals surface area contributed by atoms with E-state index in [0.29, 0.717) is 19.5 Å². The van der Waals surface area contributed by atoms with E-state index in [9.17, 15) is 14.0 Å². The zero-order chi connectivity index (χ0) is 14.7. The monoisotopic (exact) mass is 300 g/mol. The molecule has 2 amide bonds. The van der Waals surface area contributed by atoms with E-state index in [2.05, 4.69) is 5.32 Å². The predicted octanol–water partition coefficient (Wildman–Crippen LogP) is 1.26. The van der Waals surface area contributed by atoms with Crippen LogP contribution in [0.3, 0.4) is 0 Å². The number of likely N-dealkylation sites (tertiary alicyclic amines) is 1. The molecule has 1 aromatic carbocycles. The Kier molecular flexibility index (Phi) is 4.57. The molecule has 1 heterocycles. The van der Waals surface area contributed by atoms with Crippen LogP contribution < -0.4 is 5.32 Å². The van der Waals surface area contributed by atoms with Crippen LogP contribution in [0.4, 0.5) is 10.1 Å². The number of anilines is 1. The lowest BCUT2D eigenvalue weighted by molar-refractivity contribution is -0.142. The predicted molar refractivity (Wildman–Crippen MR) is 71.8 cm³/mol. The van der Waals surface area contributed by atoms with Crippen molar-refractivity contribution in [3.63, 3.8) is 0 Å². The third-order valence-corrected chi connectivity index (χ3v) is 3.44. The molecule has 5 nitrogen and oxygen atoms in total. The van der Waals surface area contributed by atoms with Crippen molar-refractivity contribution < 1.29 is 19.1 Å². The molecule has 0 radical (unpaired) electrons. The summed E-state index contributed by atoms with van der Waals surface area (Å²) >= 11 is 5.70. The van der Waals surface area contributed by atoms with E-state index in [1.54, 1.807) is 0 Å². The summed E-state index contributed by atoms with van der Waals surface area (Å²) in [6.07, 6.45) is 0.654. The number of hydrogen-bond donors (Lipinski definition) is 2. The molecule has 0 bridgehead atoms. The Bertz CT molecular complexity index is 538. The lowest BCUT2D eigenvalue weighted by Crippen LogP contribution is -2.38. The minimum absolute atomic E-state index is 0.00495. The van der Waals surface area contributed by atoms with Gasteiger partial charge in [-0.15, -0.1) is 0 Å². The molecule has 1 atom stereocenters. The highest BCUT2D eigenvalue weighted by Crippen LogP contribution is 2.20. The Balaban J connectivity index is 2.01. The fraction of sp³-hybridized carbons (Fsp3) is 0.385. The maximum absolute atomic E-state index is 13.5. The van der Waals surface area contributed by atoms with Crippen LogP contribution in [0.15, 0.2) is 18.2 Å². The van der Waals surface area contributed by atoms with Crippen molar-refractivity contribution in [2.24, 2.45) is 5.92 Å². The number of benzene rings is 1. The van der Waals surface area contributed by atoms with E-state index >= 15 is 0 Å². The molecule has 2 N–H and O–H groups in total. The molecular weight excluding hydrogens is 287 g/mol. The molecule has 0 spiro atoms. The minimum Gasteiger partial charge on any atom is -0.396 e. The first kappa shape index (κ1) is 14.7. The number of aliphatic hydroxyl groups is 1. The van der Waals surface area contributed by atoms with E-state index in [-0.39, 0.29) is 23.2 Å². The minimum atomic E-state index is -0.912. The summed E-state index contributed by atoms with van der Waals surface area (Å²) in [6, 6.07) is 3.70. The molecular formula is C13H14ClFN2O3. The molecule has 1 aromatic rings. The van der Waals surface area contributed by atoms with Crippen molar-refractivity contribution in [1.29, 1.82) is 0 Å². The Morgan fingerprint density at radius 1 is 1.50 bits per heavy atom. The van der Waals surface area contributed by atoms with Gasteiger partial charge in [-0.05, 0) is 24.6 Å². The summed E-state index contributed by atoms with van der Waals surface area (Å²) in [5.41, 5.74) is -0.131. The van der Waals surface area contributed by atoms with Crippen LogP contribution in [0.5, 0.6) is 0 Å². The molecule has 108 valence electrons. The third kappa shape index (κ3) is 3.26. The summed E-state index contributed by atoms with van der Waals surface area (Å²) in [7, 11) is 0. The second kappa shape index (κ2) is 6.19. The molecule has 20 heavy (non-hydrogen) atoms. The SMILES string of the molecule is O=C(Nc1cc(Cl)ccc1F)C(=O)N1CCC(CO)C1. The molecule has 0 aliphatic carbocycles. The molecule has 2 rings (SSSR count). The Morgan fingerprint density at radius 3 is 2.90 bits per heavy atom. The number of hydrogen-bond acceptors (Lipinski definition) is 3. The van der Waals surface area contributed by atoms with Gasteiger partial charge >= 0.3 is 11.8 Å². The second-order valence-electron chi connectivity index (χ2n) is 4.67. The first-order chi connectivity index (χ1) is 9.51. The topological polar surface area (TPSA) is 69.6 Å². The largest absolute Gasteiger partial charge is 0.396 e. The van der Waals surface area contributed by atoms with Crippen molar-refractivity contribution in [2.45, 2.75) is 6.42 Å². The molecule has 0 aromatic heterocycles. The number of halogens is 2. The highest BCUT2D eigenvalue weighted by atomic mass is 35.5. The lowest BCUT2D eigenvalue weighted by Gasteiger charge is -2.15. The summed E-state index contributed by atoms with van der Waals surface area (Å²) in [6.45, 7) is 0.727. The average molecular weight is 301 g/mol. The second-order valence-corrected chi connectivity index (χ2v) is 5.10. The fourth-order valence-electron chi connectivity index (χ4n) is 2.08. The zero-order valence-electron chi connectivity index (χ0n) is 10.6. The average Bonchev–Trinajstić information content (AvgIpc) is 2.90. The van der Waals surface area contributed by atoms with Crippen molar-refractivity contribution in [2.75, 3.05) is 25.0 Å². The van der Waals surface area contributed by atoms with Gasteiger partial charge in [-0.3, -0.25) is 9.59 Å². The number of nitrogens with one attached hydrogen (secondary N) is 1. The molecule has 1 aliphatic rings. The maximum Gasteiger partial charge on any atom is 0.313 e. The lowest BCUT2D eigenvalue weighted by atomic mass is 10.1. The highest BCUT2D eigenvalue weighted by Gasteiger charge is 2.29. The standard InChI is InChI=1S/C13H14ClFN2O3/c14-9-1-2-10(15)11(5-9)16-12(19)13(20)17-4-3-8(6-17)7-18/h1-2,5,8,18H,3-4,6-7H2,(H,16,19). The van der Waals surface area contributed by atoms with E-state index in [4.69, 9.17) is 16.7 Å². The van der Waals surface area contributed by atoms with Crippen LogP contribution in [-0.2, 0) is 9.59 Å². The van der Waals surface area contributed by atoms with Crippen LogP contribution in [0.25, 0.3) is 0 Å². The van der Waals surface area contributed by atoms with Gasteiger partial charge in [0.25, 0.3) is 0 Å². The summed E-state index contributed by atoms with van der Waals surface area (Å²) < 4.78 is 13.5. The summed E-state index contributed by atoms with van der Waals surface area (Å²) in [5, 5.41) is 11.5. The number of carbonyl (C=O) groups is 2. The summed E-state index contributed by atoms with van der Waals surface area (Å²) in [5.74, 6) is -2.31. The molecule has 0 saturated carbocycles. The van der Waals surface area contributed by atoms with E-state index in [1.807, 2.05) is 0 Å². The van der Waals surface area contributed by atoms with Crippen LogP contribution in [-0.4, -0.2) is 41.5 Å². The summed E-state index contributed by atoms with van der Waals surface area (Å²) in [4.78, 5) is 25.0. The Hall–Kier alpha value is -1.66. The number of aliphatic hydroxyl groups excluding tert-OH is 1. The normalized spacial score (nSPS) is 18.1. The highest BCUT2D eigenvalue weighted by molar-refractivity contribution is 6.39. The number of carbonyl (C=O) groups excluding carboxylic acids is 2. The third-order valence-electron chi connectivity index (χ3n) is 3.20. The molecule has 7 heteroatoms. The fourth-order valence-corrected chi connectivity index (χ4v) is 2.25. The van der Waals surface area contributed by atoms with Crippen molar-refractivity contribution in [3.8, 4) is 0 Å². The van der Waals surface area contributed by atoms with E-state index in [1.165, 1.54) is 17.0 Å². The van der Waals surface area contributed by atoms with Crippen molar-refractivity contribution in [3.05, 3.63) is 29.0 Å². The van der Waals surface area contributed by atoms with Gasteiger partial charge < -0.3 is 15.3 Å². The number of rotatable bonds is 2. The quantitative estimate of drug-likeness (QED) is 0.808. The molecule has 1 aliphatic heterocycles. The number of amides is 2. The van der Waals surface area contributed by atoms with Crippen LogP contribution >= 0.6 is 11.6 Å². The van der Waals surface area contributed by atoms with Gasteiger partial charge in [-0.25, -0.2) is 4.39 Å². The van der Waals surface area contributed by atoms with Gasteiger partial charge in [0, 0.05) is 30.6 Å². The van der Waals surface area contributed by atoms with Gasteiger partial charge in [0.1, 0.15) is 5.82 Å². The first-order valence-corrected chi connectivity index (χ1v) is 6.55. The van der Waals surface area contributed by atoms with Gasteiger partial charge in [0.2, 0.25) is 0 Å². The smallest absolute Gasteiger partial charge is 0.313 e. The molecule has 1 saturated heterocycles. The van der Waals surface area contributed by atoms with Crippen molar-refractivity contribution >= 4 is 29.1 Å². The van der Waals surface area contributed by atoms with Gasteiger partial charge in [-0.2, -0.15) is 0 Å². The zero-order valence-corrected chi connectivity index (χ0v) is 11.4. The van der Waals surface area contributed by atoms with Gasteiger partial charge in [-0.1, -0.05) is 11.6 Å². The van der Waals surface area contributed by atoms with Crippen LogP contribution in [0, 0.1) is 11.7 Å². The molecule has 1 fully saturated rings. The van der Waals surface area contributed by atoms with E-state index < -0.39 is 17.6 Å². The number of nitrogens with zero attached hydrogens (tertiary/aromatic N) is 1. The van der Waals surface area contributed by atoms with Gasteiger partial charge in [0.15, 0.2) is 0 Å². The first-order valence-electron chi connectivity index (χ1n) is 6.17. The van der Waals surface area contributed by atoms with Crippen LogP contribution in [0.1, 0.15) is 6.42 Å². The Morgan fingerprint density at radius 2 is 2.25 bits per heavy atom. The molecule has 1 unspecified atom stereocenters. The van der Waals surface area contributed by atoms with Crippen LogP contribution in [0.2, 0.25) is 5.02 Å². The maximum atomic E-state index is 13.5.